The van der Waals surface area contributed by atoms with Gasteiger partial charge in [0, 0.05) is 29.9 Å². The predicted molar refractivity (Wildman–Crippen MR) is 73.0 cm³/mol. The zero-order valence-corrected chi connectivity index (χ0v) is 11.2. The molecule has 20 heavy (non-hydrogen) atoms. The molecule has 1 amide bonds. The van der Waals surface area contributed by atoms with Crippen LogP contribution >= 0.6 is 11.6 Å². The van der Waals surface area contributed by atoms with E-state index in [1.165, 1.54) is 12.5 Å². The summed E-state index contributed by atoms with van der Waals surface area (Å²) in [6.45, 7) is 0.816. The van der Waals surface area contributed by atoms with Crippen LogP contribution in [0.3, 0.4) is 0 Å². The third-order valence-electron chi connectivity index (χ3n) is 2.61. The molecule has 7 heteroatoms. The molecular weight excluding hydrogens is 282 g/mol. The van der Waals surface area contributed by atoms with Gasteiger partial charge in [0.15, 0.2) is 5.69 Å². The van der Waals surface area contributed by atoms with Gasteiger partial charge in [-0.15, -0.1) is 0 Å². The van der Waals surface area contributed by atoms with E-state index in [9.17, 15) is 9.59 Å². The Labute approximate surface area is 120 Å². The van der Waals surface area contributed by atoms with Gasteiger partial charge in [-0.3, -0.25) is 4.79 Å². The predicted octanol–water partition coefficient (Wildman–Crippen LogP) is 1.66. The van der Waals surface area contributed by atoms with Crippen LogP contribution < -0.4 is 5.32 Å². The number of halogens is 1. The number of carboxylic acids is 1. The summed E-state index contributed by atoms with van der Waals surface area (Å²) in [5.74, 6) is -1.28. The fourth-order valence-electron chi connectivity index (χ4n) is 1.59. The molecule has 2 aromatic rings. The fraction of sp³-hybridized carbons (Fsp3) is 0.154. The third-order valence-corrected chi connectivity index (χ3v) is 2.87. The fourth-order valence-corrected chi connectivity index (χ4v) is 1.72. The van der Waals surface area contributed by atoms with Gasteiger partial charge in [-0.05, 0) is 24.3 Å². The average Bonchev–Trinajstić information content (AvgIpc) is 2.88. The average molecular weight is 294 g/mol. The molecule has 104 valence electrons. The van der Waals surface area contributed by atoms with E-state index in [1.807, 2.05) is 0 Å². The molecular formula is C13H12ClN3O3. The summed E-state index contributed by atoms with van der Waals surface area (Å²) in [6.07, 6.45) is 2.83. The van der Waals surface area contributed by atoms with Crippen LogP contribution in [0.15, 0.2) is 36.8 Å². The lowest BCUT2D eigenvalue weighted by molar-refractivity contribution is 0.0690. The van der Waals surface area contributed by atoms with Crippen LogP contribution in [-0.4, -0.2) is 33.1 Å². The minimum Gasteiger partial charge on any atom is -0.476 e. The number of hydrogen-bond donors (Lipinski definition) is 2. The first-order valence-corrected chi connectivity index (χ1v) is 6.23. The normalized spacial score (nSPS) is 10.2. The van der Waals surface area contributed by atoms with E-state index in [0.717, 1.165) is 0 Å². The minimum atomic E-state index is -1.08. The lowest BCUT2D eigenvalue weighted by Crippen LogP contribution is -2.26. The Kier molecular flexibility index (Phi) is 4.37. The molecule has 1 aromatic carbocycles. The summed E-state index contributed by atoms with van der Waals surface area (Å²) < 4.78 is 1.60. The van der Waals surface area contributed by atoms with E-state index in [1.54, 1.807) is 28.8 Å². The Bertz CT molecular complexity index is 622. The van der Waals surface area contributed by atoms with E-state index < -0.39 is 5.97 Å². The molecule has 0 atom stereocenters. The van der Waals surface area contributed by atoms with Crippen LogP contribution in [0.25, 0.3) is 0 Å². The SMILES string of the molecule is O=C(NCCn1cnc(C(=O)O)c1)c1ccc(Cl)cc1. The first-order valence-electron chi connectivity index (χ1n) is 5.85. The van der Waals surface area contributed by atoms with Gasteiger partial charge in [-0.2, -0.15) is 0 Å². The number of carbonyl (C=O) groups is 2. The number of aromatic carboxylic acids is 1. The molecule has 0 aliphatic carbocycles. The second kappa shape index (κ2) is 6.21. The van der Waals surface area contributed by atoms with Crippen molar-refractivity contribution in [2.75, 3.05) is 6.54 Å². The van der Waals surface area contributed by atoms with E-state index in [-0.39, 0.29) is 11.6 Å². The van der Waals surface area contributed by atoms with E-state index in [4.69, 9.17) is 16.7 Å². The van der Waals surface area contributed by atoms with Gasteiger partial charge in [0.1, 0.15) is 0 Å². The van der Waals surface area contributed by atoms with Crippen molar-refractivity contribution >= 4 is 23.5 Å². The summed E-state index contributed by atoms with van der Waals surface area (Å²) in [7, 11) is 0. The van der Waals surface area contributed by atoms with Gasteiger partial charge in [0.05, 0.1) is 6.33 Å². The van der Waals surface area contributed by atoms with Crippen LogP contribution in [0, 0.1) is 0 Å². The van der Waals surface area contributed by atoms with Crippen LogP contribution in [0.4, 0.5) is 0 Å². The lowest BCUT2D eigenvalue weighted by atomic mass is 10.2. The number of nitrogens with one attached hydrogen (secondary N) is 1. The van der Waals surface area contributed by atoms with Crippen molar-refractivity contribution in [2.45, 2.75) is 6.54 Å². The highest BCUT2D eigenvalue weighted by molar-refractivity contribution is 6.30. The zero-order chi connectivity index (χ0) is 14.5. The second-order valence-corrected chi connectivity index (χ2v) is 4.50. The summed E-state index contributed by atoms with van der Waals surface area (Å²) in [5, 5.41) is 12.0. The Balaban J connectivity index is 1.84. The number of aromatic nitrogens is 2. The number of imidazole rings is 1. The molecule has 0 radical (unpaired) electrons. The van der Waals surface area contributed by atoms with Crippen LogP contribution in [-0.2, 0) is 6.54 Å². The summed E-state index contributed by atoms with van der Waals surface area (Å²) in [6, 6.07) is 6.56. The highest BCUT2D eigenvalue weighted by Gasteiger charge is 2.07. The van der Waals surface area contributed by atoms with Crippen LogP contribution in [0.5, 0.6) is 0 Å². The summed E-state index contributed by atoms with van der Waals surface area (Å²) in [5.41, 5.74) is 0.500. The van der Waals surface area contributed by atoms with Crippen molar-refractivity contribution in [1.29, 1.82) is 0 Å². The Morgan fingerprint density at radius 3 is 2.60 bits per heavy atom. The van der Waals surface area contributed by atoms with Crippen molar-refractivity contribution in [1.82, 2.24) is 14.9 Å². The molecule has 1 heterocycles. The molecule has 1 aromatic heterocycles. The molecule has 0 bridgehead atoms. The van der Waals surface area contributed by atoms with Gasteiger partial charge < -0.3 is 15.0 Å². The highest BCUT2D eigenvalue weighted by atomic mass is 35.5. The number of benzene rings is 1. The van der Waals surface area contributed by atoms with Gasteiger partial charge in [-0.1, -0.05) is 11.6 Å². The smallest absolute Gasteiger partial charge is 0.356 e. The van der Waals surface area contributed by atoms with Crippen LogP contribution in [0.1, 0.15) is 20.8 Å². The number of nitrogens with zero attached hydrogens (tertiary/aromatic N) is 2. The highest BCUT2D eigenvalue weighted by Crippen LogP contribution is 2.09. The molecule has 6 nitrogen and oxygen atoms in total. The Morgan fingerprint density at radius 2 is 2.00 bits per heavy atom. The summed E-state index contributed by atoms with van der Waals surface area (Å²) >= 11 is 5.74. The van der Waals surface area contributed by atoms with Gasteiger partial charge in [0.25, 0.3) is 5.91 Å². The standard InChI is InChI=1S/C13H12ClN3O3/c14-10-3-1-9(2-4-10)12(18)15-5-6-17-7-11(13(19)20)16-8-17/h1-4,7-8H,5-6H2,(H,15,18)(H,19,20). The molecule has 2 N–H and O–H groups in total. The van der Waals surface area contributed by atoms with Gasteiger partial charge >= 0.3 is 5.97 Å². The number of hydrogen-bond acceptors (Lipinski definition) is 3. The third kappa shape index (κ3) is 3.58. The Morgan fingerprint density at radius 1 is 1.30 bits per heavy atom. The molecule has 0 fully saturated rings. The monoisotopic (exact) mass is 293 g/mol. The molecule has 0 spiro atoms. The zero-order valence-electron chi connectivity index (χ0n) is 10.4. The van der Waals surface area contributed by atoms with Crippen molar-refractivity contribution < 1.29 is 14.7 Å². The topological polar surface area (TPSA) is 84.2 Å². The number of carboxylic acid groups (broad SMARTS) is 1. The lowest BCUT2D eigenvalue weighted by Gasteiger charge is -2.05. The van der Waals surface area contributed by atoms with E-state index in [0.29, 0.717) is 23.7 Å². The van der Waals surface area contributed by atoms with Gasteiger partial charge in [0.2, 0.25) is 0 Å². The minimum absolute atomic E-state index is 0.0194. The van der Waals surface area contributed by atoms with Crippen molar-refractivity contribution in [3.63, 3.8) is 0 Å². The van der Waals surface area contributed by atoms with Crippen molar-refractivity contribution in [3.05, 3.63) is 53.1 Å². The van der Waals surface area contributed by atoms with Crippen LogP contribution in [0.2, 0.25) is 5.02 Å². The maximum atomic E-state index is 11.8. The maximum absolute atomic E-state index is 11.8. The molecule has 0 aliphatic rings. The van der Waals surface area contributed by atoms with Gasteiger partial charge in [-0.25, -0.2) is 9.78 Å². The first-order chi connectivity index (χ1) is 9.56. The quantitative estimate of drug-likeness (QED) is 0.878. The summed E-state index contributed by atoms with van der Waals surface area (Å²) in [4.78, 5) is 26.2. The van der Waals surface area contributed by atoms with Crippen molar-refractivity contribution in [3.8, 4) is 0 Å². The molecule has 0 saturated heterocycles. The van der Waals surface area contributed by atoms with E-state index >= 15 is 0 Å². The molecule has 2 rings (SSSR count). The van der Waals surface area contributed by atoms with E-state index in [2.05, 4.69) is 10.3 Å². The van der Waals surface area contributed by atoms with Crippen molar-refractivity contribution in [2.24, 2.45) is 0 Å². The molecule has 0 saturated carbocycles. The Hall–Kier alpha value is -2.34. The largest absolute Gasteiger partial charge is 0.476 e. The molecule has 0 unspecified atom stereocenters. The first kappa shape index (κ1) is 14.1. The maximum Gasteiger partial charge on any atom is 0.356 e. The number of carbonyl (C=O) groups excluding carboxylic acids is 1. The number of rotatable bonds is 5. The number of amides is 1. The molecule has 0 aliphatic heterocycles. The second-order valence-electron chi connectivity index (χ2n) is 4.06.